The summed E-state index contributed by atoms with van der Waals surface area (Å²) in [5, 5.41) is 7.86. The van der Waals surface area contributed by atoms with E-state index in [1.54, 1.807) is 0 Å². The van der Waals surface area contributed by atoms with Gasteiger partial charge in [-0.3, -0.25) is 0 Å². The van der Waals surface area contributed by atoms with Crippen molar-refractivity contribution < 1.29 is 9.47 Å². The van der Waals surface area contributed by atoms with Crippen LogP contribution in [0.3, 0.4) is 0 Å². The largest absolute Gasteiger partial charge is 0.494 e. The Morgan fingerprint density at radius 3 is 2.11 bits per heavy atom. The molecule has 1 aliphatic heterocycles. The zero-order chi connectivity index (χ0) is 19.5. The Labute approximate surface area is 164 Å². The molecule has 0 aliphatic carbocycles. The van der Waals surface area contributed by atoms with Gasteiger partial charge in [0.05, 0.1) is 25.3 Å². The quantitative estimate of drug-likeness (QED) is 0.677. The number of fused-ring (bicyclic) bond motifs is 1. The third-order valence-corrected chi connectivity index (χ3v) is 4.87. The second kappa shape index (κ2) is 7.80. The van der Waals surface area contributed by atoms with E-state index in [0.717, 1.165) is 23.5 Å². The van der Waals surface area contributed by atoms with Gasteiger partial charge in [0.25, 0.3) is 0 Å². The molecule has 1 aliphatic rings. The summed E-state index contributed by atoms with van der Waals surface area (Å²) < 4.78 is 13.0. The van der Waals surface area contributed by atoms with E-state index in [1.807, 2.05) is 42.8 Å². The zero-order valence-corrected chi connectivity index (χ0v) is 16.1. The van der Waals surface area contributed by atoms with Crippen molar-refractivity contribution in [1.82, 2.24) is 14.8 Å². The lowest BCUT2D eigenvalue weighted by atomic mass is 9.93. The highest BCUT2D eigenvalue weighted by atomic mass is 16.5. The highest BCUT2D eigenvalue weighted by Crippen LogP contribution is 2.38. The fraction of sp³-hybridized carbons (Fsp3) is 0.333. The molecule has 0 bridgehead atoms. The van der Waals surface area contributed by atoms with E-state index in [9.17, 15) is 0 Å². The van der Waals surface area contributed by atoms with Crippen LogP contribution < -0.4 is 20.5 Å². The smallest absolute Gasteiger partial charge is 0.241 e. The Morgan fingerprint density at radius 1 is 0.964 bits per heavy atom. The topological polar surface area (TPSA) is 87.2 Å². The number of benzene rings is 2. The van der Waals surface area contributed by atoms with E-state index in [2.05, 4.69) is 39.7 Å². The van der Waals surface area contributed by atoms with Gasteiger partial charge in [-0.15, -0.1) is 5.10 Å². The van der Waals surface area contributed by atoms with Crippen molar-refractivity contribution in [3.8, 4) is 11.5 Å². The van der Waals surface area contributed by atoms with E-state index >= 15 is 0 Å². The minimum atomic E-state index is 0.0355. The molecule has 7 nitrogen and oxygen atoms in total. The molecule has 4 rings (SSSR count). The van der Waals surface area contributed by atoms with Crippen molar-refractivity contribution in [2.75, 3.05) is 24.3 Å². The number of hydrogen-bond donors (Lipinski definition) is 2. The second-order valence-corrected chi connectivity index (χ2v) is 6.69. The summed E-state index contributed by atoms with van der Waals surface area (Å²) >= 11 is 0. The summed E-state index contributed by atoms with van der Waals surface area (Å²) in [6.45, 7) is 5.27. The number of hydrogen-bond acceptors (Lipinski definition) is 6. The van der Waals surface area contributed by atoms with E-state index in [0.29, 0.717) is 19.2 Å². The monoisotopic (exact) mass is 379 g/mol. The predicted molar refractivity (Wildman–Crippen MR) is 109 cm³/mol. The molecule has 146 valence electrons. The molecule has 7 heteroatoms. The maximum Gasteiger partial charge on any atom is 0.241 e. The van der Waals surface area contributed by atoms with Gasteiger partial charge in [0.15, 0.2) is 0 Å². The number of nitrogens with one attached hydrogen (secondary N) is 1. The van der Waals surface area contributed by atoms with E-state index in [4.69, 9.17) is 15.2 Å². The lowest BCUT2D eigenvalue weighted by Gasteiger charge is -2.31. The number of nitrogens with zero attached hydrogens (tertiary/aromatic N) is 3. The van der Waals surface area contributed by atoms with Crippen LogP contribution in [0, 0.1) is 0 Å². The highest BCUT2D eigenvalue weighted by Gasteiger charge is 2.30. The lowest BCUT2D eigenvalue weighted by Crippen LogP contribution is -2.28. The van der Waals surface area contributed by atoms with E-state index in [1.165, 1.54) is 5.56 Å². The molecule has 2 atom stereocenters. The molecule has 1 aromatic heterocycles. The van der Waals surface area contributed by atoms with Crippen LogP contribution in [0.25, 0.3) is 0 Å². The van der Waals surface area contributed by atoms with Gasteiger partial charge in [0, 0.05) is 0 Å². The molecule has 3 aromatic rings. The van der Waals surface area contributed by atoms with Crippen molar-refractivity contribution in [1.29, 1.82) is 0 Å². The van der Waals surface area contributed by atoms with Gasteiger partial charge in [-0.2, -0.15) is 4.98 Å². The summed E-state index contributed by atoms with van der Waals surface area (Å²) in [7, 11) is 0. The first-order valence-corrected chi connectivity index (χ1v) is 9.62. The van der Waals surface area contributed by atoms with Crippen LogP contribution in [0.15, 0.2) is 48.5 Å². The third kappa shape index (κ3) is 3.60. The van der Waals surface area contributed by atoms with Crippen LogP contribution >= 0.6 is 0 Å². The average Bonchev–Trinajstić information content (AvgIpc) is 3.09. The van der Waals surface area contributed by atoms with E-state index < -0.39 is 0 Å². The molecule has 3 N–H and O–H groups in total. The summed E-state index contributed by atoms with van der Waals surface area (Å²) in [4.78, 5) is 4.37. The molecular formula is C21H25N5O2. The minimum absolute atomic E-state index is 0.0355. The maximum atomic E-state index is 5.88. The third-order valence-electron chi connectivity index (χ3n) is 4.87. The number of aromatic nitrogens is 3. The standard InChI is InChI=1S/C21H25N5O2/c1-3-27-16-9-5-14(6-10-16)18-13-19(26-21(23-18)24-20(22)25-26)15-7-11-17(12-8-15)28-4-2/h5-12,18-19H,3-4,13H2,1-2H3,(H3,22,23,24,25). The summed E-state index contributed by atoms with van der Waals surface area (Å²) in [5.41, 5.74) is 8.20. The lowest BCUT2D eigenvalue weighted by molar-refractivity contribution is 0.339. The fourth-order valence-corrected chi connectivity index (χ4v) is 3.61. The number of ether oxygens (including phenoxy) is 2. The van der Waals surface area contributed by atoms with Gasteiger partial charge in [-0.1, -0.05) is 24.3 Å². The van der Waals surface area contributed by atoms with Gasteiger partial charge >= 0.3 is 0 Å². The summed E-state index contributed by atoms with van der Waals surface area (Å²) in [6.07, 6.45) is 0.831. The molecule has 2 heterocycles. The van der Waals surface area contributed by atoms with Crippen molar-refractivity contribution in [2.45, 2.75) is 32.4 Å². The molecule has 2 aromatic carbocycles. The van der Waals surface area contributed by atoms with Crippen molar-refractivity contribution in [3.63, 3.8) is 0 Å². The predicted octanol–water partition coefficient (Wildman–Crippen LogP) is 3.80. The van der Waals surface area contributed by atoms with Gasteiger partial charge < -0.3 is 20.5 Å². The molecule has 2 unspecified atom stereocenters. The van der Waals surface area contributed by atoms with Crippen molar-refractivity contribution in [3.05, 3.63) is 59.7 Å². The van der Waals surface area contributed by atoms with E-state index in [-0.39, 0.29) is 18.0 Å². The van der Waals surface area contributed by atoms with Gasteiger partial charge in [-0.05, 0) is 55.7 Å². The second-order valence-electron chi connectivity index (χ2n) is 6.69. The normalized spacial score (nSPS) is 18.2. The van der Waals surface area contributed by atoms with Gasteiger partial charge in [-0.25, -0.2) is 4.68 Å². The first-order valence-electron chi connectivity index (χ1n) is 9.62. The SMILES string of the molecule is CCOc1ccc(C2CC(c3ccc(OCC)cc3)n3nc(N)nc3N2)cc1. The number of nitrogens with two attached hydrogens (primary N) is 1. The van der Waals surface area contributed by atoms with Crippen LogP contribution in [-0.2, 0) is 0 Å². The Balaban J connectivity index is 1.64. The number of nitrogen functional groups attached to an aromatic ring is 1. The molecule has 0 saturated carbocycles. The van der Waals surface area contributed by atoms with Crippen molar-refractivity contribution in [2.24, 2.45) is 0 Å². The Hall–Kier alpha value is -3.22. The Bertz CT molecular complexity index is 921. The molecule has 28 heavy (non-hydrogen) atoms. The molecular weight excluding hydrogens is 354 g/mol. The molecule has 0 spiro atoms. The van der Waals surface area contributed by atoms with Gasteiger partial charge in [0.2, 0.25) is 11.9 Å². The Morgan fingerprint density at radius 2 is 1.54 bits per heavy atom. The highest BCUT2D eigenvalue weighted by molar-refractivity contribution is 5.43. The average molecular weight is 379 g/mol. The fourth-order valence-electron chi connectivity index (χ4n) is 3.61. The first-order chi connectivity index (χ1) is 13.7. The summed E-state index contributed by atoms with van der Waals surface area (Å²) in [6, 6.07) is 16.5. The van der Waals surface area contributed by atoms with Crippen LogP contribution in [0.5, 0.6) is 11.5 Å². The van der Waals surface area contributed by atoms with Crippen LogP contribution in [-0.4, -0.2) is 28.0 Å². The molecule has 0 amide bonds. The minimum Gasteiger partial charge on any atom is -0.494 e. The summed E-state index contributed by atoms with van der Waals surface area (Å²) in [5.74, 6) is 2.69. The molecule has 0 fully saturated rings. The first kappa shape index (κ1) is 18.2. The number of anilines is 2. The number of rotatable bonds is 6. The van der Waals surface area contributed by atoms with Crippen LogP contribution in [0.1, 0.15) is 43.5 Å². The Kier molecular flexibility index (Phi) is 5.06. The molecule has 0 saturated heterocycles. The molecule has 0 radical (unpaired) electrons. The maximum absolute atomic E-state index is 5.88. The zero-order valence-electron chi connectivity index (χ0n) is 16.1. The van der Waals surface area contributed by atoms with Crippen LogP contribution in [0.2, 0.25) is 0 Å². The van der Waals surface area contributed by atoms with Gasteiger partial charge in [0.1, 0.15) is 11.5 Å². The van der Waals surface area contributed by atoms with Crippen LogP contribution in [0.4, 0.5) is 11.9 Å². The van der Waals surface area contributed by atoms with Crippen molar-refractivity contribution >= 4 is 11.9 Å².